The van der Waals surface area contributed by atoms with E-state index in [0.29, 0.717) is 23.9 Å². The van der Waals surface area contributed by atoms with Crippen LogP contribution >= 0.6 is 0 Å². The second-order valence-electron chi connectivity index (χ2n) is 12.2. The predicted octanol–water partition coefficient (Wildman–Crippen LogP) is 5.52. The number of aromatic nitrogens is 1. The van der Waals surface area contributed by atoms with Gasteiger partial charge in [0.2, 0.25) is 0 Å². The van der Waals surface area contributed by atoms with Crippen LogP contribution in [0.2, 0.25) is 0 Å². The molecule has 2 N–H and O–H groups in total. The van der Waals surface area contributed by atoms with Crippen LogP contribution in [-0.4, -0.2) is 77.1 Å². The lowest BCUT2D eigenvalue weighted by atomic mass is 9.79. The van der Waals surface area contributed by atoms with Crippen LogP contribution in [0, 0.1) is 0 Å². The fraction of sp³-hybridized carbons (Fsp3) is 0.545. The van der Waals surface area contributed by atoms with Crippen LogP contribution in [-0.2, 0) is 12.1 Å². The molecule has 0 bridgehead atoms. The Morgan fingerprint density at radius 2 is 1.77 bits per heavy atom. The van der Waals surface area contributed by atoms with Crippen molar-refractivity contribution in [3.63, 3.8) is 0 Å². The number of fused-ring (bicyclic) bond motifs is 1. The lowest BCUT2D eigenvalue weighted by molar-refractivity contribution is 0.0506. The summed E-state index contributed by atoms with van der Waals surface area (Å²) in [5, 5.41) is 15.0. The topological polar surface area (TPSA) is 54.9 Å². The molecule has 5 rings (SSSR count). The Kier molecular flexibility index (Phi) is 8.57. The van der Waals surface area contributed by atoms with Gasteiger partial charge in [-0.15, -0.1) is 0 Å². The molecule has 39 heavy (non-hydrogen) atoms. The van der Waals surface area contributed by atoms with Gasteiger partial charge >= 0.3 is 0 Å². The van der Waals surface area contributed by atoms with Crippen molar-refractivity contribution < 1.29 is 5.11 Å². The summed E-state index contributed by atoms with van der Waals surface area (Å²) >= 11 is 0. The Bertz CT molecular complexity index is 1240. The van der Waals surface area contributed by atoms with Crippen LogP contribution < -0.4 is 5.32 Å². The Labute approximate surface area is 235 Å². The number of piperazine rings is 1. The number of nitrogens with zero attached hydrogens (tertiary/aromatic N) is 4. The zero-order valence-electron chi connectivity index (χ0n) is 24.5. The summed E-state index contributed by atoms with van der Waals surface area (Å²) in [5.41, 5.74) is 4.84. The van der Waals surface area contributed by atoms with E-state index in [9.17, 15) is 5.11 Å². The number of phenols is 1. The van der Waals surface area contributed by atoms with E-state index in [0.717, 1.165) is 63.9 Å². The first-order chi connectivity index (χ1) is 18.8. The first-order valence-corrected chi connectivity index (χ1v) is 14.9. The number of likely N-dealkylation sites (tertiary alicyclic amines) is 1. The summed E-state index contributed by atoms with van der Waals surface area (Å²) in [6.07, 6.45) is 4.39. The van der Waals surface area contributed by atoms with Gasteiger partial charge in [0.15, 0.2) is 0 Å². The molecule has 210 valence electrons. The van der Waals surface area contributed by atoms with Gasteiger partial charge in [0.1, 0.15) is 5.75 Å². The highest BCUT2D eigenvalue weighted by Crippen LogP contribution is 2.39. The molecule has 3 heterocycles. The number of aromatic hydroxyl groups is 1. The monoisotopic (exact) mass is 529 g/mol. The lowest BCUT2D eigenvalue weighted by Crippen LogP contribution is -2.55. The van der Waals surface area contributed by atoms with Gasteiger partial charge in [0.25, 0.3) is 0 Å². The van der Waals surface area contributed by atoms with Gasteiger partial charge < -0.3 is 10.4 Å². The van der Waals surface area contributed by atoms with Crippen molar-refractivity contribution in [3.8, 4) is 5.75 Å². The summed E-state index contributed by atoms with van der Waals surface area (Å²) in [6, 6.07) is 20.6. The molecule has 2 fully saturated rings. The highest BCUT2D eigenvalue weighted by Gasteiger charge is 2.38. The minimum atomic E-state index is -0.0337. The number of phenolic OH excluding ortho intramolecular Hbond substituents is 1. The van der Waals surface area contributed by atoms with E-state index in [2.05, 4.69) is 91.3 Å². The smallest absolute Gasteiger partial charge is 0.115 e. The van der Waals surface area contributed by atoms with Crippen molar-refractivity contribution in [3.05, 3.63) is 71.4 Å². The Morgan fingerprint density at radius 1 is 1.03 bits per heavy atom. The van der Waals surface area contributed by atoms with E-state index in [-0.39, 0.29) is 5.54 Å². The molecule has 6 heteroatoms. The Hall–Kier alpha value is -2.51. The molecule has 1 aromatic heterocycles. The highest BCUT2D eigenvalue weighted by atomic mass is 16.3. The maximum absolute atomic E-state index is 10.1. The van der Waals surface area contributed by atoms with Gasteiger partial charge in [-0.25, -0.2) is 0 Å². The van der Waals surface area contributed by atoms with E-state index in [1.54, 1.807) is 6.07 Å². The van der Waals surface area contributed by atoms with Crippen molar-refractivity contribution in [2.75, 3.05) is 40.3 Å². The number of hydrogen-bond acceptors (Lipinski definition) is 6. The first kappa shape index (κ1) is 28.0. The van der Waals surface area contributed by atoms with E-state index in [1.807, 2.05) is 12.1 Å². The summed E-state index contributed by atoms with van der Waals surface area (Å²) in [4.78, 5) is 12.7. The van der Waals surface area contributed by atoms with Crippen molar-refractivity contribution in [2.24, 2.45) is 0 Å². The number of nitrogens with one attached hydrogen (secondary N) is 1. The average molecular weight is 530 g/mol. The van der Waals surface area contributed by atoms with Crippen LogP contribution in [0.3, 0.4) is 0 Å². The fourth-order valence-corrected chi connectivity index (χ4v) is 7.02. The fourth-order valence-electron chi connectivity index (χ4n) is 7.02. The van der Waals surface area contributed by atoms with Crippen molar-refractivity contribution in [1.82, 2.24) is 25.0 Å². The Balaban J connectivity index is 1.28. The molecule has 3 atom stereocenters. The molecule has 2 aliphatic rings. The number of benzene rings is 2. The number of pyridine rings is 1. The number of hydrogen-bond donors (Lipinski definition) is 2. The molecule has 0 amide bonds. The van der Waals surface area contributed by atoms with Gasteiger partial charge in [-0.2, -0.15) is 0 Å². The molecular formula is C33H47N5O. The normalized spacial score (nSPS) is 23.3. The minimum absolute atomic E-state index is 0.0337. The maximum Gasteiger partial charge on any atom is 0.115 e. The van der Waals surface area contributed by atoms with Crippen molar-refractivity contribution in [2.45, 2.75) is 76.7 Å². The molecule has 2 aliphatic heterocycles. The minimum Gasteiger partial charge on any atom is -0.508 e. The molecule has 0 radical (unpaired) electrons. The standard InChI is InChI=1S/C33H47N5O/c1-6-8-32(38-21-24(2)34-25(3)22-38)31-14-12-27-19-26(11-13-30(27)35-31)23-37-17-15-33(16-18-37,36(4)5)28-9-7-10-29(39)20-28/h7,9-14,19-20,24-25,32,34,39H,6,8,15-18,21-23H2,1-5H3/t24-,25+,32-/m1/s1. The molecule has 0 unspecified atom stereocenters. The molecule has 0 saturated carbocycles. The number of rotatable bonds is 8. The second-order valence-corrected chi connectivity index (χ2v) is 12.2. The molecule has 0 aliphatic carbocycles. The largest absolute Gasteiger partial charge is 0.508 e. The van der Waals surface area contributed by atoms with Gasteiger partial charge in [-0.1, -0.05) is 37.6 Å². The van der Waals surface area contributed by atoms with E-state index < -0.39 is 0 Å². The summed E-state index contributed by atoms with van der Waals surface area (Å²) in [5.74, 6) is 0.349. The van der Waals surface area contributed by atoms with Crippen molar-refractivity contribution in [1.29, 1.82) is 0 Å². The van der Waals surface area contributed by atoms with Gasteiger partial charge in [0.05, 0.1) is 17.3 Å². The number of piperidine rings is 1. The first-order valence-electron chi connectivity index (χ1n) is 14.9. The van der Waals surface area contributed by atoms with Crippen LogP contribution in [0.15, 0.2) is 54.6 Å². The lowest BCUT2D eigenvalue weighted by Gasteiger charge is -2.46. The van der Waals surface area contributed by atoms with Gasteiger partial charge in [-0.3, -0.25) is 19.7 Å². The van der Waals surface area contributed by atoms with E-state index in [4.69, 9.17) is 4.98 Å². The van der Waals surface area contributed by atoms with Crippen molar-refractivity contribution >= 4 is 10.9 Å². The molecule has 2 saturated heterocycles. The quantitative estimate of drug-likeness (QED) is 0.401. The van der Waals surface area contributed by atoms with Crippen LogP contribution in [0.4, 0.5) is 0 Å². The molecule has 3 aromatic rings. The third kappa shape index (κ3) is 6.14. The summed E-state index contributed by atoms with van der Waals surface area (Å²) < 4.78 is 0. The summed E-state index contributed by atoms with van der Waals surface area (Å²) in [7, 11) is 4.33. The maximum atomic E-state index is 10.1. The Morgan fingerprint density at radius 3 is 2.44 bits per heavy atom. The van der Waals surface area contributed by atoms with E-state index in [1.165, 1.54) is 22.2 Å². The molecular weight excluding hydrogens is 482 g/mol. The van der Waals surface area contributed by atoms with Crippen LogP contribution in [0.25, 0.3) is 10.9 Å². The van der Waals surface area contributed by atoms with Crippen LogP contribution in [0.1, 0.15) is 69.3 Å². The van der Waals surface area contributed by atoms with Gasteiger partial charge in [0, 0.05) is 55.7 Å². The molecule has 0 spiro atoms. The summed E-state index contributed by atoms with van der Waals surface area (Å²) in [6.45, 7) is 12.0. The second kappa shape index (κ2) is 11.9. The zero-order valence-corrected chi connectivity index (χ0v) is 24.5. The van der Waals surface area contributed by atoms with Gasteiger partial charge in [-0.05, 0) is 88.7 Å². The highest BCUT2D eigenvalue weighted by molar-refractivity contribution is 5.79. The SMILES string of the molecule is CCC[C@H](c1ccc2cc(CN3CCC(c4cccc(O)c4)(N(C)C)CC3)ccc2n1)N1C[C@@H](C)N[C@@H](C)C1. The third-order valence-electron chi connectivity index (χ3n) is 9.03. The molecule has 2 aromatic carbocycles. The van der Waals surface area contributed by atoms with Crippen LogP contribution in [0.5, 0.6) is 5.75 Å². The molecule has 6 nitrogen and oxygen atoms in total. The zero-order chi connectivity index (χ0) is 27.6. The third-order valence-corrected chi connectivity index (χ3v) is 9.03. The van der Waals surface area contributed by atoms with E-state index >= 15 is 0 Å². The predicted molar refractivity (Wildman–Crippen MR) is 161 cm³/mol. The average Bonchev–Trinajstić information content (AvgIpc) is 2.91.